The summed E-state index contributed by atoms with van der Waals surface area (Å²) >= 11 is 0. The fourth-order valence-corrected chi connectivity index (χ4v) is 3.02. The summed E-state index contributed by atoms with van der Waals surface area (Å²) in [6.07, 6.45) is 3.61. The SMILES string of the molecule is CCN1CCC(NC(=O)C2(CN)CCOCC2)CC1. The van der Waals surface area contributed by atoms with Crippen molar-refractivity contribution in [3.63, 3.8) is 0 Å². The van der Waals surface area contributed by atoms with Crippen LogP contribution in [0.5, 0.6) is 0 Å². The van der Waals surface area contributed by atoms with Crippen molar-refractivity contribution in [3.8, 4) is 0 Å². The van der Waals surface area contributed by atoms with Crippen LogP contribution in [0.15, 0.2) is 0 Å². The fourth-order valence-electron chi connectivity index (χ4n) is 3.02. The summed E-state index contributed by atoms with van der Waals surface area (Å²) in [5.74, 6) is 0.147. The normalized spacial score (nSPS) is 25.2. The number of amides is 1. The van der Waals surface area contributed by atoms with Crippen LogP contribution in [0.2, 0.25) is 0 Å². The van der Waals surface area contributed by atoms with Gasteiger partial charge in [0.25, 0.3) is 0 Å². The second-order valence-electron chi connectivity index (χ2n) is 5.78. The Balaban J connectivity index is 1.86. The smallest absolute Gasteiger partial charge is 0.227 e. The summed E-state index contributed by atoms with van der Waals surface area (Å²) in [4.78, 5) is 14.9. The van der Waals surface area contributed by atoms with Gasteiger partial charge in [-0.05, 0) is 32.2 Å². The predicted molar refractivity (Wildman–Crippen MR) is 74.8 cm³/mol. The number of carbonyl (C=O) groups is 1. The van der Waals surface area contributed by atoms with E-state index in [-0.39, 0.29) is 11.3 Å². The molecule has 5 heteroatoms. The average Bonchev–Trinajstić information content (AvgIpc) is 2.48. The van der Waals surface area contributed by atoms with Crippen molar-refractivity contribution >= 4 is 5.91 Å². The minimum atomic E-state index is -0.389. The summed E-state index contributed by atoms with van der Waals surface area (Å²) in [5, 5.41) is 3.22. The van der Waals surface area contributed by atoms with Crippen molar-refractivity contribution in [3.05, 3.63) is 0 Å². The van der Waals surface area contributed by atoms with Crippen LogP contribution < -0.4 is 11.1 Å². The number of nitrogens with two attached hydrogens (primary N) is 1. The van der Waals surface area contributed by atoms with Gasteiger partial charge in [-0.2, -0.15) is 0 Å². The van der Waals surface area contributed by atoms with Gasteiger partial charge in [-0.25, -0.2) is 0 Å². The lowest BCUT2D eigenvalue weighted by molar-refractivity contribution is -0.137. The molecule has 2 saturated heterocycles. The topological polar surface area (TPSA) is 67.6 Å². The number of nitrogens with zero attached hydrogens (tertiary/aromatic N) is 1. The van der Waals surface area contributed by atoms with Crippen LogP contribution in [0.4, 0.5) is 0 Å². The average molecular weight is 269 g/mol. The molecular formula is C14H27N3O2. The van der Waals surface area contributed by atoms with Gasteiger partial charge in [0.2, 0.25) is 5.91 Å². The Hall–Kier alpha value is -0.650. The van der Waals surface area contributed by atoms with Crippen molar-refractivity contribution in [2.24, 2.45) is 11.1 Å². The molecule has 2 aliphatic heterocycles. The Kier molecular flexibility index (Phi) is 5.19. The highest BCUT2D eigenvalue weighted by Gasteiger charge is 2.39. The third-order valence-corrected chi connectivity index (χ3v) is 4.69. The monoisotopic (exact) mass is 269 g/mol. The van der Waals surface area contributed by atoms with Crippen LogP contribution >= 0.6 is 0 Å². The molecule has 0 bridgehead atoms. The molecule has 5 nitrogen and oxygen atoms in total. The van der Waals surface area contributed by atoms with Gasteiger partial charge in [0.1, 0.15) is 0 Å². The van der Waals surface area contributed by atoms with E-state index in [9.17, 15) is 4.79 Å². The van der Waals surface area contributed by atoms with Crippen molar-refractivity contribution in [2.45, 2.75) is 38.6 Å². The third-order valence-electron chi connectivity index (χ3n) is 4.69. The highest BCUT2D eigenvalue weighted by molar-refractivity contribution is 5.83. The molecule has 0 atom stereocenters. The Labute approximate surface area is 115 Å². The van der Waals surface area contributed by atoms with E-state index in [0.29, 0.717) is 25.8 Å². The Morgan fingerprint density at radius 3 is 2.53 bits per heavy atom. The van der Waals surface area contributed by atoms with Crippen LogP contribution in [0.3, 0.4) is 0 Å². The Bertz CT molecular complexity index is 295. The number of likely N-dealkylation sites (tertiary alicyclic amines) is 1. The first-order valence-corrected chi connectivity index (χ1v) is 7.51. The van der Waals surface area contributed by atoms with Crippen molar-refractivity contribution in [2.75, 3.05) is 39.4 Å². The maximum atomic E-state index is 12.5. The molecule has 0 aliphatic carbocycles. The summed E-state index contributed by atoms with van der Waals surface area (Å²) in [7, 11) is 0. The number of hydrogen-bond acceptors (Lipinski definition) is 4. The summed E-state index contributed by atoms with van der Waals surface area (Å²) in [5.41, 5.74) is 5.47. The third kappa shape index (κ3) is 3.46. The number of carbonyl (C=O) groups excluding carboxylic acids is 1. The largest absolute Gasteiger partial charge is 0.381 e. The highest BCUT2D eigenvalue weighted by atomic mass is 16.5. The van der Waals surface area contributed by atoms with Gasteiger partial charge >= 0.3 is 0 Å². The maximum Gasteiger partial charge on any atom is 0.227 e. The zero-order chi connectivity index (χ0) is 13.7. The minimum absolute atomic E-state index is 0.147. The first-order valence-electron chi connectivity index (χ1n) is 7.51. The van der Waals surface area contributed by atoms with E-state index in [1.54, 1.807) is 0 Å². The van der Waals surface area contributed by atoms with Gasteiger partial charge in [0, 0.05) is 38.9 Å². The zero-order valence-corrected chi connectivity index (χ0v) is 12.0. The van der Waals surface area contributed by atoms with Gasteiger partial charge in [-0.15, -0.1) is 0 Å². The molecule has 2 rings (SSSR count). The molecule has 0 aromatic carbocycles. The molecule has 0 saturated carbocycles. The molecule has 1 amide bonds. The van der Waals surface area contributed by atoms with Gasteiger partial charge in [0.15, 0.2) is 0 Å². The minimum Gasteiger partial charge on any atom is -0.381 e. The standard InChI is InChI=1S/C14H27N3O2/c1-2-17-7-3-12(4-8-17)16-13(18)14(11-15)5-9-19-10-6-14/h12H,2-11,15H2,1H3,(H,16,18). The number of piperidine rings is 1. The first-order chi connectivity index (χ1) is 9.20. The summed E-state index contributed by atoms with van der Waals surface area (Å²) < 4.78 is 5.35. The molecule has 2 heterocycles. The van der Waals surface area contributed by atoms with E-state index in [2.05, 4.69) is 17.1 Å². The van der Waals surface area contributed by atoms with Gasteiger partial charge < -0.3 is 20.7 Å². The van der Waals surface area contributed by atoms with E-state index in [1.165, 1.54) is 0 Å². The molecular weight excluding hydrogens is 242 g/mol. The quantitative estimate of drug-likeness (QED) is 0.772. The van der Waals surface area contributed by atoms with Crippen LogP contribution in [0, 0.1) is 5.41 Å². The molecule has 0 unspecified atom stereocenters. The van der Waals surface area contributed by atoms with Crippen molar-refractivity contribution < 1.29 is 9.53 Å². The Morgan fingerprint density at radius 2 is 2.00 bits per heavy atom. The van der Waals surface area contributed by atoms with Crippen LogP contribution in [-0.2, 0) is 9.53 Å². The van der Waals surface area contributed by atoms with Crippen molar-refractivity contribution in [1.82, 2.24) is 10.2 Å². The maximum absolute atomic E-state index is 12.5. The van der Waals surface area contributed by atoms with Gasteiger partial charge in [-0.3, -0.25) is 4.79 Å². The summed E-state index contributed by atoms with van der Waals surface area (Å²) in [6.45, 7) is 7.18. The molecule has 0 spiro atoms. The number of nitrogens with one attached hydrogen (secondary N) is 1. The van der Waals surface area contributed by atoms with Crippen LogP contribution in [0.25, 0.3) is 0 Å². The number of rotatable bonds is 4. The van der Waals surface area contributed by atoms with Gasteiger partial charge in [0.05, 0.1) is 5.41 Å². The van der Waals surface area contributed by atoms with E-state index in [4.69, 9.17) is 10.5 Å². The van der Waals surface area contributed by atoms with Gasteiger partial charge in [-0.1, -0.05) is 6.92 Å². The van der Waals surface area contributed by atoms with Crippen LogP contribution in [-0.4, -0.2) is 56.2 Å². The van der Waals surface area contributed by atoms with E-state index in [0.717, 1.165) is 45.3 Å². The van der Waals surface area contributed by atoms with Crippen LogP contribution in [0.1, 0.15) is 32.6 Å². The molecule has 2 aliphatic rings. The molecule has 0 aromatic rings. The molecule has 2 fully saturated rings. The zero-order valence-electron chi connectivity index (χ0n) is 12.0. The first kappa shape index (κ1) is 14.8. The molecule has 0 aromatic heterocycles. The number of ether oxygens (including phenoxy) is 1. The molecule has 3 N–H and O–H groups in total. The highest BCUT2D eigenvalue weighted by Crippen LogP contribution is 2.30. The fraction of sp³-hybridized carbons (Fsp3) is 0.929. The molecule has 110 valence electrons. The lowest BCUT2D eigenvalue weighted by atomic mass is 9.79. The Morgan fingerprint density at radius 1 is 1.37 bits per heavy atom. The molecule has 19 heavy (non-hydrogen) atoms. The van der Waals surface area contributed by atoms with E-state index >= 15 is 0 Å². The second kappa shape index (κ2) is 6.68. The second-order valence-corrected chi connectivity index (χ2v) is 5.78. The predicted octanol–water partition coefficient (Wildman–Crippen LogP) is 0.342. The van der Waals surface area contributed by atoms with E-state index in [1.807, 2.05) is 0 Å². The van der Waals surface area contributed by atoms with Crippen molar-refractivity contribution in [1.29, 1.82) is 0 Å². The summed E-state index contributed by atoms with van der Waals surface area (Å²) in [6, 6.07) is 0.321. The molecule has 0 radical (unpaired) electrons. The lowest BCUT2D eigenvalue weighted by Gasteiger charge is -2.38. The number of hydrogen-bond donors (Lipinski definition) is 2. The van der Waals surface area contributed by atoms with E-state index < -0.39 is 0 Å². The lowest BCUT2D eigenvalue weighted by Crippen LogP contribution is -2.53.